The molecule has 1 heterocycles. The Kier molecular flexibility index (Phi) is 6.05. The van der Waals surface area contributed by atoms with Gasteiger partial charge in [-0.15, -0.1) is 0 Å². The molecule has 6 heteroatoms. The van der Waals surface area contributed by atoms with E-state index in [1.165, 1.54) is 11.8 Å². The Morgan fingerprint density at radius 1 is 1.19 bits per heavy atom. The summed E-state index contributed by atoms with van der Waals surface area (Å²) < 4.78 is 5.13. The van der Waals surface area contributed by atoms with Gasteiger partial charge in [-0.2, -0.15) is 0 Å². The van der Waals surface area contributed by atoms with Crippen LogP contribution in [0.5, 0.6) is 11.5 Å². The number of amides is 1. The Morgan fingerprint density at radius 2 is 1.89 bits per heavy atom. The number of rotatable bonds is 4. The predicted octanol–water partition coefficient (Wildman–Crippen LogP) is 2.97. The smallest absolute Gasteiger partial charge is 0.236 e. The summed E-state index contributed by atoms with van der Waals surface area (Å²) in [5.74, 6) is 6.96. The van der Waals surface area contributed by atoms with E-state index in [0.29, 0.717) is 11.6 Å². The van der Waals surface area contributed by atoms with E-state index >= 15 is 0 Å². The molecule has 0 aliphatic carbocycles. The van der Waals surface area contributed by atoms with Gasteiger partial charge in [-0.1, -0.05) is 29.8 Å². The van der Waals surface area contributed by atoms with Crippen molar-refractivity contribution in [2.45, 2.75) is 24.8 Å². The number of phenolic OH excluding ortho intramolecular Hbond substituents is 1. The summed E-state index contributed by atoms with van der Waals surface area (Å²) in [7, 11) is 1.62. The molecule has 2 aromatic carbocycles. The second-order valence-electron chi connectivity index (χ2n) is 6.08. The molecule has 0 fully saturated rings. The van der Waals surface area contributed by atoms with Gasteiger partial charge in [-0.05, 0) is 54.8 Å². The van der Waals surface area contributed by atoms with Gasteiger partial charge in [0.25, 0.3) is 0 Å². The van der Waals surface area contributed by atoms with Crippen molar-refractivity contribution in [3.8, 4) is 23.3 Å². The van der Waals surface area contributed by atoms with Crippen molar-refractivity contribution in [3.05, 3.63) is 59.7 Å². The fourth-order valence-corrected chi connectivity index (χ4v) is 3.57. The maximum atomic E-state index is 12.5. The minimum Gasteiger partial charge on any atom is -0.508 e. The number of aliphatic imine (C=N–C) groups is 1. The highest BCUT2D eigenvalue weighted by Crippen LogP contribution is 2.27. The molecule has 138 valence electrons. The van der Waals surface area contributed by atoms with Crippen LogP contribution in [0.3, 0.4) is 0 Å². The standard InChI is InChI=1S/C21H20N2O3S/c1-14-20(21(25)22-13-16-5-10-18(26-2)11-6-16)27-19(23-14)12-7-15-3-8-17(24)9-4-15/h3-6,8-11,14,20,24H,13H2,1-2H3,(H,22,25). The molecule has 27 heavy (non-hydrogen) atoms. The van der Waals surface area contributed by atoms with Crippen LogP contribution in [0.4, 0.5) is 0 Å². The SMILES string of the molecule is COc1ccc(CNC(=O)C2SC(C#Cc3ccc(O)cc3)=NC2C)cc1. The van der Waals surface area contributed by atoms with E-state index in [4.69, 9.17) is 4.74 Å². The number of hydrogen-bond acceptors (Lipinski definition) is 5. The molecule has 1 amide bonds. The lowest BCUT2D eigenvalue weighted by Gasteiger charge is -2.13. The van der Waals surface area contributed by atoms with Crippen LogP contribution in [0.2, 0.25) is 0 Å². The molecule has 0 spiro atoms. The Morgan fingerprint density at radius 3 is 2.56 bits per heavy atom. The molecule has 2 aromatic rings. The molecular formula is C21H20N2O3S. The predicted molar refractivity (Wildman–Crippen MR) is 108 cm³/mol. The van der Waals surface area contributed by atoms with E-state index in [2.05, 4.69) is 22.2 Å². The van der Waals surface area contributed by atoms with E-state index < -0.39 is 0 Å². The molecule has 0 radical (unpaired) electrons. The summed E-state index contributed by atoms with van der Waals surface area (Å²) in [4.78, 5) is 17.0. The Balaban J connectivity index is 1.55. The van der Waals surface area contributed by atoms with E-state index in [-0.39, 0.29) is 22.9 Å². The molecule has 2 unspecified atom stereocenters. The molecule has 3 rings (SSSR count). The molecule has 0 saturated heterocycles. The molecule has 1 aliphatic heterocycles. The van der Waals surface area contributed by atoms with E-state index in [9.17, 15) is 9.90 Å². The summed E-state index contributed by atoms with van der Waals surface area (Å²) in [6.07, 6.45) is 0. The van der Waals surface area contributed by atoms with Gasteiger partial charge in [0.15, 0.2) is 0 Å². The Bertz CT molecular complexity index is 896. The van der Waals surface area contributed by atoms with Gasteiger partial charge in [0.2, 0.25) is 5.91 Å². The number of nitrogens with one attached hydrogen (secondary N) is 1. The highest BCUT2D eigenvalue weighted by atomic mass is 32.2. The van der Waals surface area contributed by atoms with Crippen molar-refractivity contribution < 1.29 is 14.6 Å². The maximum Gasteiger partial charge on any atom is 0.236 e. The van der Waals surface area contributed by atoms with Crippen LogP contribution < -0.4 is 10.1 Å². The summed E-state index contributed by atoms with van der Waals surface area (Å²) in [6.45, 7) is 2.38. The summed E-state index contributed by atoms with van der Waals surface area (Å²) >= 11 is 1.39. The highest BCUT2D eigenvalue weighted by Gasteiger charge is 2.32. The number of benzene rings is 2. The maximum absolute atomic E-state index is 12.5. The minimum atomic E-state index is -0.285. The summed E-state index contributed by atoms with van der Waals surface area (Å²) in [6, 6.07) is 14.1. The van der Waals surface area contributed by atoms with Crippen molar-refractivity contribution in [2.24, 2.45) is 4.99 Å². The van der Waals surface area contributed by atoms with Crippen LogP contribution in [-0.2, 0) is 11.3 Å². The third-order valence-corrected chi connectivity index (χ3v) is 5.36. The van der Waals surface area contributed by atoms with E-state index in [0.717, 1.165) is 16.9 Å². The average Bonchev–Trinajstić information content (AvgIpc) is 3.07. The van der Waals surface area contributed by atoms with Gasteiger partial charge in [-0.3, -0.25) is 9.79 Å². The number of hydrogen-bond donors (Lipinski definition) is 2. The van der Waals surface area contributed by atoms with Gasteiger partial charge < -0.3 is 15.2 Å². The molecule has 0 bridgehead atoms. The van der Waals surface area contributed by atoms with Crippen LogP contribution in [0.15, 0.2) is 53.5 Å². The molecule has 1 aliphatic rings. The third kappa shape index (κ3) is 5.05. The van der Waals surface area contributed by atoms with Gasteiger partial charge in [0.05, 0.1) is 13.2 Å². The van der Waals surface area contributed by atoms with Crippen LogP contribution in [0.1, 0.15) is 18.1 Å². The van der Waals surface area contributed by atoms with Crippen molar-refractivity contribution in [3.63, 3.8) is 0 Å². The van der Waals surface area contributed by atoms with Crippen molar-refractivity contribution in [1.29, 1.82) is 0 Å². The zero-order chi connectivity index (χ0) is 19.2. The molecule has 5 nitrogen and oxygen atoms in total. The largest absolute Gasteiger partial charge is 0.508 e. The first-order valence-corrected chi connectivity index (χ1v) is 9.39. The fourth-order valence-electron chi connectivity index (χ4n) is 2.54. The lowest BCUT2D eigenvalue weighted by Crippen LogP contribution is -2.36. The van der Waals surface area contributed by atoms with Gasteiger partial charge in [-0.25, -0.2) is 0 Å². The second kappa shape index (κ2) is 8.65. The second-order valence-corrected chi connectivity index (χ2v) is 7.21. The molecule has 0 saturated carbocycles. The normalized spacial score (nSPS) is 18.2. The lowest BCUT2D eigenvalue weighted by atomic mass is 10.2. The number of nitrogens with zero attached hydrogens (tertiary/aromatic N) is 1. The Hall–Kier alpha value is -2.91. The topological polar surface area (TPSA) is 70.9 Å². The molecule has 2 atom stereocenters. The zero-order valence-corrected chi connectivity index (χ0v) is 15.9. The number of thioether (sulfide) groups is 1. The fraction of sp³-hybridized carbons (Fsp3) is 0.238. The molecular weight excluding hydrogens is 360 g/mol. The number of ether oxygens (including phenoxy) is 1. The summed E-state index contributed by atoms with van der Waals surface area (Å²) in [5, 5.41) is 12.6. The summed E-state index contributed by atoms with van der Waals surface area (Å²) in [5.41, 5.74) is 1.80. The van der Waals surface area contributed by atoms with Crippen molar-refractivity contribution >= 4 is 22.7 Å². The van der Waals surface area contributed by atoms with E-state index in [1.807, 2.05) is 31.2 Å². The number of phenols is 1. The van der Waals surface area contributed by atoms with Crippen LogP contribution in [-0.4, -0.2) is 34.5 Å². The number of aromatic hydroxyl groups is 1. The average molecular weight is 380 g/mol. The highest BCUT2D eigenvalue weighted by molar-refractivity contribution is 8.16. The first-order valence-electron chi connectivity index (χ1n) is 8.51. The zero-order valence-electron chi connectivity index (χ0n) is 15.1. The Labute approximate surface area is 162 Å². The number of carbonyl (C=O) groups is 1. The first-order chi connectivity index (χ1) is 13.0. The van der Waals surface area contributed by atoms with Crippen LogP contribution in [0.25, 0.3) is 0 Å². The monoisotopic (exact) mass is 380 g/mol. The molecule has 0 aromatic heterocycles. The number of carbonyl (C=O) groups excluding carboxylic acids is 1. The van der Waals surface area contributed by atoms with Gasteiger partial charge in [0.1, 0.15) is 21.8 Å². The van der Waals surface area contributed by atoms with Gasteiger partial charge >= 0.3 is 0 Å². The van der Waals surface area contributed by atoms with Crippen molar-refractivity contribution in [1.82, 2.24) is 5.32 Å². The number of methoxy groups -OCH3 is 1. The van der Waals surface area contributed by atoms with Crippen molar-refractivity contribution in [2.75, 3.05) is 7.11 Å². The van der Waals surface area contributed by atoms with E-state index in [1.54, 1.807) is 31.4 Å². The first kappa shape index (κ1) is 18.9. The van der Waals surface area contributed by atoms with Crippen LogP contribution in [0, 0.1) is 11.8 Å². The lowest BCUT2D eigenvalue weighted by molar-refractivity contribution is -0.120. The van der Waals surface area contributed by atoms with Gasteiger partial charge in [0, 0.05) is 12.1 Å². The minimum absolute atomic E-state index is 0.0477. The third-order valence-electron chi connectivity index (χ3n) is 4.06. The molecule has 2 N–H and O–H groups in total. The van der Waals surface area contributed by atoms with Crippen LogP contribution >= 0.6 is 11.8 Å². The quantitative estimate of drug-likeness (QED) is 0.800.